The molecule has 0 aliphatic carbocycles. The van der Waals surface area contributed by atoms with Crippen LogP contribution in [0.3, 0.4) is 0 Å². The Kier molecular flexibility index (Phi) is 5.09. The molecule has 0 saturated carbocycles. The SMILES string of the molecule is Cc1onc(-c2ccccc2Cl)c1C(=O)Nc1nnc(Cc2ccc(F)cc2)o1. The maximum atomic E-state index is 13.0. The Balaban J connectivity index is 1.54. The molecule has 9 heteroatoms. The summed E-state index contributed by atoms with van der Waals surface area (Å²) in [7, 11) is 0. The highest BCUT2D eigenvalue weighted by molar-refractivity contribution is 6.33. The molecule has 2 aromatic carbocycles. The van der Waals surface area contributed by atoms with Crippen LogP contribution in [0.5, 0.6) is 0 Å². The van der Waals surface area contributed by atoms with Crippen molar-refractivity contribution >= 4 is 23.5 Å². The maximum Gasteiger partial charge on any atom is 0.322 e. The van der Waals surface area contributed by atoms with E-state index in [0.29, 0.717) is 28.5 Å². The van der Waals surface area contributed by atoms with Gasteiger partial charge in [0, 0.05) is 5.56 Å². The molecule has 0 aliphatic rings. The van der Waals surface area contributed by atoms with Gasteiger partial charge in [-0.3, -0.25) is 10.1 Å². The summed E-state index contributed by atoms with van der Waals surface area (Å²) in [6.07, 6.45) is 0.306. The first-order valence-electron chi connectivity index (χ1n) is 8.60. The molecule has 0 atom stereocenters. The van der Waals surface area contributed by atoms with E-state index in [9.17, 15) is 9.18 Å². The molecule has 0 unspecified atom stereocenters. The first-order chi connectivity index (χ1) is 14.0. The maximum absolute atomic E-state index is 13.0. The zero-order valence-electron chi connectivity index (χ0n) is 15.1. The van der Waals surface area contributed by atoms with E-state index < -0.39 is 5.91 Å². The van der Waals surface area contributed by atoms with Crippen LogP contribution in [0, 0.1) is 12.7 Å². The minimum absolute atomic E-state index is 0.0715. The van der Waals surface area contributed by atoms with Gasteiger partial charge in [-0.15, -0.1) is 5.10 Å². The molecule has 0 spiro atoms. The third-order valence-electron chi connectivity index (χ3n) is 4.17. The Morgan fingerprint density at radius 1 is 1.14 bits per heavy atom. The monoisotopic (exact) mass is 412 g/mol. The van der Waals surface area contributed by atoms with E-state index >= 15 is 0 Å². The summed E-state index contributed by atoms with van der Waals surface area (Å²) in [5.41, 5.74) is 1.90. The summed E-state index contributed by atoms with van der Waals surface area (Å²) in [6.45, 7) is 1.62. The largest absolute Gasteiger partial charge is 0.407 e. The highest BCUT2D eigenvalue weighted by Gasteiger charge is 2.24. The van der Waals surface area contributed by atoms with Crippen molar-refractivity contribution in [2.24, 2.45) is 0 Å². The second-order valence-electron chi connectivity index (χ2n) is 6.20. The van der Waals surface area contributed by atoms with Crippen molar-refractivity contribution in [2.75, 3.05) is 5.32 Å². The van der Waals surface area contributed by atoms with E-state index in [1.807, 2.05) is 0 Å². The normalized spacial score (nSPS) is 10.9. The minimum Gasteiger partial charge on any atom is -0.407 e. The van der Waals surface area contributed by atoms with Crippen LogP contribution in [0.25, 0.3) is 11.3 Å². The van der Waals surface area contributed by atoms with Gasteiger partial charge in [0.25, 0.3) is 5.91 Å². The lowest BCUT2D eigenvalue weighted by molar-refractivity contribution is 0.102. The van der Waals surface area contributed by atoms with Crippen LogP contribution in [-0.2, 0) is 6.42 Å². The number of amides is 1. The number of benzene rings is 2. The predicted molar refractivity (Wildman–Crippen MR) is 103 cm³/mol. The fourth-order valence-corrected chi connectivity index (χ4v) is 3.01. The number of aryl methyl sites for hydroxylation is 1. The fourth-order valence-electron chi connectivity index (χ4n) is 2.79. The van der Waals surface area contributed by atoms with Gasteiger partial charge < -0.3 is 8.94 Å². The van der Waals surface area contributed by atoms with Crippen LogP contribution in [0.2, 0.25) is 5.02 Å². The molecule has 0 radical (unpaired) electrons. The summed E-state index contributed by atoms with van der Waals surface area (Å²) < 4.78 is 23.7. The molecule has 0 saturated heterocycles. The lowest BCUT2D eigenvalue weighted by atomic mass is 10.1. The topological polar surface area (TPSA) is 94.1 Å². The molecule has 146 valence electrons. The van der Waals surface area contributed by atoms with Crippen LogP contribution in [0.4, 0.5) is 10.4 Å². The lowest BCUT2D eigenvalue weighted by Crippen LogP contribution is -2.13. The van der Waals surface area contributed by atoms with E-state index in [1.165, 1.54) is 12.1 Å². The number of halogens is 2. The van der Waals surface area contributed by atoms with E-state index in [4.69, 9.17) is 20.5 Å². The van der Waals surface area contributed by atoms with Crippen molar-refractivity contribution in [3.63, 3.8) is 0 Å². The highest BCUT2D eigenvalue weighted by Crippen LogP contribution is 2.31. The van der Waals surface area contributed by atoms with E-state index in [2.05, 4.69) is 20.7 Å². The summed E-state index contributed by atoms with van der Waals surface area (Å²) in [5, 5.41) is 14.7. The number of carbonyl (C=O) groups excluding carboxylic acids is 1. The Morgan fingerprint density at radius 3 is 2.66 bits per heavy atom. The first kappa shape index (κ1) is 18.8. The van der Waals surface area contributed by atoms with Crippen LogP contribution in [-0.4, -0.2) is 21.3 Å². The van der Waals surface area contributed by atoms with E-state index in [1.54, 1.807) is 43.3 Å². The molecule has 7 nitrogen and oxygen atoms in total. The van der Waals surface area contributed by atoms with Crippen molar-refractivity contribution in [3.05, 3.63) is 82.1 Å². The van der Waals surface area contributed by atoms with Crippen LogP contribution >= 0.6 is 11.6 Å². The first-order valence-corrected chi connectivity index (χ1v) is 8.98. The van der Waals surface area contributed by atoms with Gasteiger partial charge in [0.15, 0.2) is 0 Å². The van der Waals surface area contributed by atoms with Gasteiger partial charge >= 0.3 is 6.01 Å². The van der Waals surface area contributed by atoms with Gasteiger partial charge in [0.2, 0.25) is 5.89 Å². The number of aromatic nitrogens is 3. The second-order valence-corrected chi connectivity index (χ2v) is 6.61. The van der Waals surface area contributed by atoms with Crippen LogP contribution in [0.15, 0.2) is 57.5 Å². The number of rotatable bonds is 5. The average molecular weight is 413 g/mol. The molecule has 0 bridgehead atoms. The van der Waals surface area contributed by atoms with Crippen molar-refractivity contribution < 1.29 is 18.1 Å². The van der Waals surface area contributed by atoms with Crippen molar-refractivity contribution in [1.29, 1.82) is 0 Å². The van der Waals surface area contributed by atoms with Gasteiger partial charge in [0.1, 0.15) is 22.8 Å². The number of nitrogens with one attached hydrogen (secondary N) is 1. The number of anilines is 1. The molecule has 0 aliphatic heterocycles. The number of hydrogen-bond donors (Lipinski definition) is 1. The Hall–Kier alpha value is -3.52. The molecular formula is C20H14ClFN4O3. The van der Waals surface area contributed by atoms with E-state index in [0.717, 1.165) is 5.56 Å². The Bertz CT molecular complexity index is 1170. The van der Waals surface area contributed by atoms with Gasteiger partial charge in [-0.25, -0.2) is 4.39 Å². The third kappa shape index (κ3) is 4.02. The van der Waals surface area contributed by atoms with Crippen molar-refractivity contribution in [3.8, 4) is 11.3 Å². The molecule has 1 N–H and O–H groups in total. The minimum atomic E-state index is -0.518. The van der Waals surface area contributed by atoms with Crippen LogP contribution in [0.1, 0.15) is 27.6 Å². The predicted octanol–water partition coefficient (Wildman–Crippen LogP) is 4.67. The molecule has 4 rings (SSSR count). The summed E-state index contributed by atoms with van der Waals surface area (Å²) in [6, 6.07) is 12.9. The number of carbonyl (C=O) groups is 1. The Morgan fingerprint density at radius 2 is 1.90 bits per heavy atom. The quantitative estimate of drug-likeness (QED) is 0.512. The van der Waals surface area contributed by atoms with Gasteiger partial charge in [-0.1, -0.05) is 52.2 Å². The van der Waals surface area contributed by atoms with Crippen LogP contribution < -0.4 is 5.32 Å². The smallest absolute Gasteiger partial charge is 0.322 e. The highest BCUT2D eigenvalue weighted by atomic mass is 35.5. The zero-order valence-corrected chi connectivity index (χ0v) is 15.9. The molecule has 4 aromatic rings. The van der Waals surface area contributed by atoms with Crippen molar-refractivity contribution in [2.45, 2.75) is 13.3 Å². The molecule has 0 fully saturated rings. The average Bonchev–Trinajstić information content (AvgIpc) is 3.30. The van der Waals surface area contributed by atoms with Crippen molar-refractivity contribution in [1.82, 2.24) is 15.4 Å². The molecule has 29 heavy (non-hydrogen) atoms. The fraction of sp³-hybridized carbons (Fsp3) is 0.100. The molecular weight excluding hydrogens is 399 g/mol. The molecule has 1 amide bonds. The molecule has 2 heterocycles. The molecule has 2 aromatic heterocycles. The number of hydrogen-bond acceptors (Lipinski definition) is 6. The van der Waals surface area contributed by atoms with E-state index in [-0.39, 0.29) is 23.3 Å². The summed E-state index contributed by atoms with van der Waals surface area (Å²) in [4.78, 5) is 12.8. The summed E-state index contributed by atoms with van der Waals surface area (Å²) >= 11 is 6.22. The zero-order chi connectivity index (χ0) is 20.4. The van der Waals surface area contributed by atoms with Gasteiger partial charge in [0.05, 0.1) is 11.4 Å². The second kappa shape index (κ2) is 7.84. The van der Waals surface area contributed by atoms with Gasteiger partial charge in [-0.05, 0) is 30.7 Å². The van der Waals surface area contributed by atoms with Gasteiger partial charge in [-0.2, -0.15) is 0 Å². The summed E-state index contributed by atoms with van der Waals surface area (Å²) in [5.74, 6) is -0.245. The standard InChI is InChI=1S/C20H14ClFN4O3/c1-11-17(18(26-29-11)14-4-2-3-5-15(14)21)19(27)23-20-25-24-16(28-20)10-12-6-8-13(22)9-7-12/h2-9H,10H2,1H3,(H,23,25,27). The lowest BCUT2D eigenvalue weighted by Gasteiger charge is -2.03. The Labute approximate surface area is 169 Å². The number of nitrogens with zero attached hydrogens (tertiary/aromatic N) is 3. The third-order valence-corrected chi connectivity index (χ3v) is 4.50.